The Labute approximate surface area is 109 Å². The van der Waals surface area contributed by atoms with Crippen molar-refractivity contribution in [3.05, 3.63) is 35.9 Å². The van der Waals surface area contributed by atoms with Crippen LogP contribution in [0.2, 0.25) is 0 Å². The van der Waals surface area contributed by atoms with E-state index in [-0.39, 0.29) is 11.4 Å². The fourth-order valence-electron chi connectivity index (χ4n) is 2.70. The molecule has 2 atom stereocenters. The van der Waals surface area contributed by atoms with Crippen LogP contribution in [-0.2, 0) is 10.3 Å². The second-order valence-electron chi connectivity index (χ2n) is 5.49. The topological polar surface area (TPSA) is 55.1 Å². The molecule has 1 aliphatic rings. The van der Waals surface area contributed by atoms with Crippen molar-refractivity contribution in [2.45, 2.75) is 38.1 Å². The van der Waals surface area contributed by atoms with Gasteiger partial charge in [0.15, 0.2) is 0 Å². The summed E-state index contributed by atoms with van der Waals surface area (Å²) in [6.07, 6.45) is 3.69. The largest absolute Gasteiger partial charge is 0.370 e. The average Bonchev–Trinajstić information content (AvgIpc) is 2.39. The third-order valence-corrected chi connectivity index (χ3v) is 4.04. The summed E-state index contributed by atoms with van der Waals surface area (Å²) >= 11 is 0. The Morgan fingerprint density at radius 1 is 1.44 bits per heavy atom. The molecule has 3 nitrogen and oxygen atoms in total. The van der Waals surface area contributed by atoms with Gasteiger partial charge in [0.1, 0.15) is 0 Å². The third kappa shape index (κ3) is 3.10. The molecule has 1 aliphatic heterocycles. The molecule has 0 unspecified atom stereocenters. The van der Waals surface area contributed by atoms with Crippen molar-refractivity contribution >= 4 is 5.91 Å². The second-order valence-corrected chi connectivity index (χ2v) is 5.49. The fourth-order valence-corrected chi connectivity index (χ4v) is 2.70. The summed E-state index contributed by atoms with van der Waals surface area (Å²) in [6.45, 7) is 3.23. The molecule has 0 saturated carbocycles. The summed E-state index contributed by atoms with van der Waals surface area (Å²) in [5, 5.41) is 3.63. The van der Waals surface area contributed by atoms with Crippen LogP contribution < -0.4 is 11.1 Å². The normalized spacial score (nSPS) is 27.9. The predicted octanol–water partition coefficient (Wildman–Crippen LogP) is 2.17. The molecule has 0 aliphatic carbocycles. The number of nitrogens with one attached hydrogen (secondary N) is 1. The maximum absolute atomic E-state index is 10.8. The number of carbonyl (C=O) groups excluding carboxylic acids is 1. The van der Waals surface area contributed by atoms with E-state index in [2.05, 4.69) is 36.5 Å². The highest BCUT2D eigenvalue weighted by Crippen LogP contribution is 2.32. The van der Waals surface area contributed by atoms with E-state index in [0.29, 0.717) is 12.3 Å². The lowest BCUT2D eigenvalue weighted by Gasteiger charge is -2.39. The van der Waals surface area contributed by atoms with E-state index in [4.69, 9.17) is 5.73 Å². The van der Waals surface area contributed by atoms with Gasteiger partial charge in [0, 0.05) is 12.0 Å². The van der Waals surface area contributed by atoms with Crippen molar-refractivity contribution in [1.29, 1.82) is 0 Å². The minimum atomic E-state index is -0.189. The van der Waals surface area contributed by atoms with E-state index in [1.165, 1.54) is 5.56 Å². The quantitative estimate of drug-likeness (QED) is 0.855. The zero-order valence-corrected chi connectivity index (χ0v) is 11.0. The summed E-state index contributed by atoms with van der Waals surface area (Å²) in [5.74, 6) is 0.390. The number of hydrogen-bond acceptors (Lipinski definition) is 2. The van der Waals surface area contributed by atoms with Crippen molar-refractivity contribution in [1.82, 2.24) is 5.32 Å². The first-order chi connectivity index (χ1) is 8.60. The molecule has 1 aromatic carbocycles. The van der Waals surface area contributed by atoms with Crippen molar-refractivity contribution in [3.63, 3.8) is 0 Å². The highest BCUT2D eigenvalue weighted by Gasteiger charge is 2.31. The van der Waals surface area contributed by atoms with Gasteiger partial charge in [-0.05, 0) is 44.2 Å². The van der Waals surface area contributed by atoms with E-state index in [0.717, 1.165) is 25.8 Å². The highest BCUT2D eigenvalue weighted by atomic mass is 16.1. The van der Waals surface area contributed by atoms with Gasteiger partial charge in [0.2, 0.25) is 5.91 Å². The number of amides is 1. The van der Waals surface area contributed by atoms with Gasteiger partial charge in [-0.15, -0.1) is 0 Å². The number of primary amides is 1. The lowest BCUT2D eigenvalue weighted by Crippen LogP contribution is -2.46. The van der Waals surface area contributed by atoms with Gasteiger partial charge < -0.3 is 11.1 Å². The van der Waals surface area contributed by atoms with Crippen LogP contribution in [-0.4, -0.2) is 12.5 Å². The van der Waals surface area contributed by atoms with Crippen LogP contribution in [0.25, 0.3) is 0 Å². The van der Waals surface area contributed by atoms with Crippen LogP contribution in [0.1, 0.15) is 38.2 Å². The van der Waals surface area contributed by atoms with Gasteiger partial charge in [-0.1, -0.05) is 30.3 Å². The lowest BCUT2D eigenvalue weighted by molar-refractivity contribution is -0.118. The summed E-state index contributed by atoms with van der Waals surface area (Å²) in [5.41, 5.74) is 6.61. The Morgan fingerprint density at radius 3 is 2.72 bits per heavy atom. The van der Waals surface area contributed by atoms with Crippen LogP contribution >= 0.6 is 0 Å². The molecule has 3 N–H and O–H groups in total. The van der Waals surface area contributed by atoms with Crippen LogP contribution in [0.4, 0.5) is 0 Å². The summed E-state index contributed by atoms with van der Waals surface area (Å²) in [6, 6.07) is 10.6. The van der Waals surface area contributed by atoms with E-state index in [9.17, 15) is 4.79 Å². The number of rotatable bonds is 4. The second kappa shape index (κ2) is 5.53. The van der Waals surface area contributed by atoms with E-state index >= 15 is 0 Å². The van der Waals surface area contributed by atoms with Crippen LogP contribution in [0.15, 0.2) is 30.3 Å². The van der Waals surface area contributed by atoms with Crippen molar-refractivity contribution in [2.75, 3.05) is 6.54 Å². The van der Waals surface area contributed by atoms with E-state index in [1.807, 2.05) is 6.07 Å². The molecular formula is C15H22N2O. The Balaban J connectivity index is 1.91. The third-order valence-electron chi connectivity index (χ3n) is 4.04. The molecular weight excluding hydrogens is 224 g/mol. The summed E-state index contributed by atoms with van der Waals surface area (Å²) in [7, 11) is 0. The van der Waals surface area contributed by atoms with Crippen LogP contribution in [0.3, 0.4) is 0 Å². The van der Waals surface area contributed by atoms with E-state index < -0.39 is 0 Å². The molecule has 1 heterocycles. The SMILES string of the molecule is C[C@@]1(c2ccccc2)CC[C@H](CCC(N)=O)CN1. The monoisotopic (exact) mass is 246 g/mol. The number of hydrogen-bond donors (Lipinski definition) is 2. The van der Waals surface area contributed by atoms with Crippen molar-refractivity contribution in [2.24, 2.45) is 11.7 Å². The molecule has 1 aromatic rings. The summed E-state index contributed by atoms with van der Waals surface area (Å²) in [4.78, 5) is 10.8. The number of piperidine rings is 1. The van der Waals surface area contributed by atoms with Crippen molar-refractivity contribution < 1.29 is 4.79 Å². The first-order valence-corrected chi connectivity index (χ1v) is 6.69. The fraction of sp³-hybridized carbons (Fsp3) is 0.533. The maximum atomic E-state index is 10.8. The average molecular weight is 246 g/mol. The number of benzene rings is 1. The molecule has 1 saturated heterocycles. The van der Waals surface area contributed by atoms with Gasteiger partial charge in [-0.25, -0.2) is 0 Å². The van der Waals surface area contributed by atoms with E-state index in [1.54, 1.807) is 0 Å². The molecule has 0 spiro atoms. The molecule has 0 aromatic heterocycles. The zero-order chi connectivity index (χ0) is 13.0. The molecule has 18 heavy (non-hydrogen) atoms. The van der Waals surface area contributed by atoms with Crippen molar-refractivity contribution in [3.8, 4) is 0 Å². The van der Waals surface area contributed by atoms with Gasteiger partial charge in [0.05, 0.1) is 0 Å². The minimum Gasteiger partial charge on any atom is -0.370 e. The molecule has 0 radical (unpaired) electrons. The van der Waals surface area contributed by atoms with Gasteiger partial charge in [-0.3, -0.25) is 4.79 Å². The molecule has 1 amide bonds. The predicted molar refractivity (Wildman–Crippen MR) is 72.9 cm³/mol. The first kappa shape index (κ1) is 13.1. The van der Waals surface area contributed by atoms with Gasteiger partial charge in [0.25, 0.3) is 0 Å². The van der Waals surface area contributed by atoms with Gasteiger partial charge in [-0.2, -0.15) is 0 Å². The Hall–Kier alpha value is -1.35. The molecule has 0 bridgehead atoms. The zero-order valence-electron chi connectivity index (χ0n) is 11.0. The smallest absolute Gasteiger partial charge is 0.217 e. The molecule has 2 rings (SSSR count). The summed E-state index contributed by atoms with van der Waals surface area (Å²) < 4.78 is 0. The number of nitrogens with two attached hydrogens (primary N) is 1. The lowest BCUT2D eigenvalue weighted by atomic mass is 9.79. The molecule has 98 valence electrons. The van der Waals surface area contributed by atoms with Crippen LogP contribution in [0.5, 0.6) is 0 Å². The number of carbonyl (C=O) groups is 1. The minimum absolute atomic E-state index is 0.0739. The van der Waals surface area contributed by atoms with Gasteiger partial charge >= 0.3 is 0 Å². The molecule has 1 fully saturated rings. The Bertz CT molecular complexity index is 394. The Morgan fingerprint density at radius 2 is 2.17 bits per heavy atom. The standard InChI is InChI=1S/C15H22N2O/c1-15(13-5-3-2-4-6-13)10-9-12(11-17-15)7-8-14(16)18/h2-6,12,17H,7-11H2,1H3,(H2,16,18)/t12-,15-/m0/s1. The van der Waals surface area contributed by atoms with Crippen LogP contribution in [0, 0.1) is 5.92 Å². The Kier molecular flexibility index (Phi) is 4.02. The highest BCUT2D eigenvalue weighted by molar-refractivity contribution is 5.73. The molecule has 3 heteroatoms. The maximum Gasteiger partial charge on any atom is 0.217 e. The first-order valence-electron chi connectivity index (χ1n) is 6.69.